The van der Waals surface area contributed by atoms with Gasteiger partial charge < -0.3 is 5.73 Å². The Hall–Kier alpha value is -0.240. The SMILES string of the molecule is CC1CCCC(N)(c2cccc(Cl)c2Cl)CC1. The first-order chi connectivity index (χ1) is 8.03. The Kier molecular flexibility index (Phi) is 4.02. The molecular weight excluding hydrogens is 253 g/mol. The van der Waals surface area contributed by atoms with Crippen LogP contribution in [0.5, 0.6) is 0 Å². The van der Waals surface area contributed by atoms with Crippen LogP contribution in [0.4, 0.5) is 0 Å². The number of hydrogen-bond acceptors (Lipinski definition) is 1. The van der Waals surface area contributed by atoms with Crippen molar-refractivity contribution in [3.8, 4) is 0 Å². The summed E-state index contributed by atoms with van der Waals surface area (Å²) in [5.41, 5.74) is 7.28. The van der Waals surface area contributed by atoms with Gasteiger partial charge in [0.15, 0.2) is 0 Å². The van der Waals surface area contributed by atoms with Crippen LogP contribution in [-0.4, -0.2) is 0 Å². The van der Waals surface area contributed by atoms with Gasteiger partial charge in [-0.25, -0.2) is 0 Å². The van der Waals surface area contributed by atoms with Gasteiger partial charge in [-0.2, -0.15) is 0 Å². The van der Waals surface area contributed by atoms with Crippen LogP contribution in [0, 0.1) is 5.92 Å². The highest BCUT2D eigenvalue weighted by Crippen LogP contribution is 2.40. The summed E-state index contributed by atoms with van der Waals surface area (Å²) in [6, 6.07) is 5.77. The van der Waals surface area contributed by atoms with Crippen molar-refractivity contribution < 1.29 is 0 Å². The quantitative estimate of drug-likeness (QED) is 0.734. The maximum Gasteiger partial charge on any atom is 0.0642 e. The predicted molar refractivity (Wildman–Crippen MR) is 74.6 cm³/mol. The summed E-state index contributed by atoms with van der Waals surface area (Å²) in [6.07, 6.45) is 5.59. The fraction of sp³-hybridized carbons (Fsp3) is 0.571. The minimum absolute atomic E-state index is 0.299. The van der Waals surface area contributed by atoms with Crippen molar-refractivity contribution in [2.75, 3.05) is 0 Å². The molecule has 2 N–H and O–H groups in total. The van der Waals surface area contributed by atoms with E-state index in [0.29, 0.717) is 10.0 Å². The van der Waals surface area contributed by atoms with Crippen LogP contribution in [0.1, 0.15) is 44.6 Å². The van der Waals surface area contributed by atoms with Crippen LogP contribution >= 0.6 is 23.2 Å². The molecule has 1 aliphatic rings. The second-order valence-corrected chi connectivity index (χ2v) is 6.08. The molecule has 0 aliphatic heterocycles. The molecule has 1 aliphatic carbocycles. The van der Waals surface area contributed by atoms with Crippen LogP contribution in [0.15, 0.2) is 18.2 Å². The molecule has 1 nitrogen and oxygen atoms in total. The average Bonchev–Trinajstić information content (AvgIpc) is 2.46. The maximum atomic E-state index is 6.57. The highest BCUT2D eigenvalue weighted by atomic mass is 35.5. The molecule has 1 aromatic rings. The van der Waals surface area contributed by atoms with Crippen molar-refractivity contribution in [2.24, 2.45) is 11.7 Å². The van der Waals surface area contributed by atoms with E-state index in [1.807, 2.05) is 18.2 Å². The Balaban J connectivity index is 2.33. The van der Waals surface area contributed by atoms with Crippen LogP contribution in [0.2, 0.25) is 10.0 Å². The van der Waals surface area contributed by atoms with Crippen molar-refractivity contribution in [3.05, 3.63) is 33.8 Å². The molecule has 17 heavy (non-hydrogen) atoms. The molecule has 0 saturated heterocycles. The van der Waals surface area contributed by atoms with E-state index in [4.69, 9.17) is 28.9 Å². The number of nitrogens with two attached hydrogens (primary N) is 1. The monoisotopic (exact) mass is 271 g/mol. The van der Waals surface area contributed by atoms with E-state index >= 15 is 0 Å². The molecule has 0 radical (unpaired) electrons. The minimum atomic E-state index is -0.299. The Morgan fingerprint density at radius 1 is 1.24 bits per heavy atom. The summed E-state index contributed by atoms with van der Waals surface area (Å²) < 4.78 is 0. The normalized spacial score (nSPS) is 30.0. The van der Waals surface area contributed by atoms with Gasteiger partial charge >= 0.3 is 0 Å². The third-order valence-electron chi connectivity index (χ3n) is 3.89. The summed E-state index contributed by atoms with van der Waals surface area (Å²) in [6.45, 7) is 2.30. The van der Waals surface area contributed by atoms with Crippen molar-refractivity contribution in [2.45, 2.75) is 44.6 Å². The van der Waals surface area contributed by atoms with Gasteiger partial charge in [0.1, 0.15) is 0 Å². The van der Waals surface area contributed by atoms with Crippen LogP contribution in [-0.2, 0) is 5.54 Å². The van der Waals surface area contributed by atoms with Gasteiger partial charge in [0.2, 0.25) is 0 Å². The Morgan fingerprint density at radius 3 is 2.76 bits per heavy atom. The Morgan fingerprint density at radius 2 is 2.00 bits per heavy atom. The third-order valence-corrected chi connectivity index (χ3v) is 4.71. The third kappa shape index (κ3) is 2.78. The summed E-state index contributed by atoms with van der Waals surface area (Å²) in [5, 5.41) is 1.23. The minimum Gasteiger partial charge on any atom is -0.321 e. The van der Waals surface area contributed by atoms with Crippen molar-refractivity contribution in [3.63, 3.8) is 0 Å². The van der Waals surface area contributed by atoms with Gasteiger partial charge in [-0.15, -0.1) is 0 Å². The smallest absolute Gasteiger partial charge is 0.0642 e. The molecule has 0 spiro atoms. The van der Waals surface area contributed by atoms with Gasteiger partial charge in [-0.1, -0.05) is 55.1 Å². The summed E-state index contributed by atoms with van der Waals surface area (Å²) in [4.78, 5) is 0. The largest absolute Gasteiger partial charge is 0.321 e. The number of benzene rings is 1. The zero-order valence-electron chi connectivity index (χ0n) is 10.2. The van der Waals surface area contributed by atoms with Gasteiger partial charge in [0.05, 0.1) is 10.0 Å². The first-order valence-electron chi connectivity index (χ1n) is 6.26. The van der Waals surface area contributed by atoms with E-state index in [1.165, 1.54) is 19.3 Å². The van der Waals surface area contributed by atoms with Gasteiger partial charge in [-0.3, -0.25) is 0 Å². The van der Waals surface area contributed by atoms with E-state index in [-0.39, 0.29) is 5.54 Å². The highest BCUT2D eigenvalue weighted by molar-refractivity contribution is 6.42. The van der Waals surface area contributed by atoms with E-state index < -0.39 is 0 Å². The topological polar surface area (TPSA) is 26.0 Å². The van der Waals surface area contributed by atoms with E-state index in [9.17, 15) is 0 Å². The zero-order valence-corrected chi connectivity index (χ0v) is 11.7. The molecule has 3 heteroatoms. The fourth-order valence-electron chi connectivity index (χ4n) is 2.70. The molecule has 2 unspecified atom stereocenters. The molecule has 2 rings (SSSR count). The lowest BCUT2D eigenvalue weighted by Gasteiger charge is -2.30. The molecule has 0 amide bonds. The Bertz CT molecular complexity index is 405. The molecule has 0 aromatic heterocycles. The molecule has 94 valence electrons. The molecule has 1 fully saturated rings. The molecule has 1 aromatic carbocycles. The molecule has 0 heterocycles. The van der Waals surface area contributed by atoms with Crippen molar-refractivity contribution >= 4 is 23.2 Å². The van der Waals surface area contributed by atoms with Gasteiger partial charge in [0.25, 0.3) is 0 Å². The second-order valence-electron chi connectivity index (χ2n) is 5.29. The summed E-state index contributed by atoms with van der Waals surface area (Å²) in [7, 11) is 0. The van der Waals surface area contributed by atoms with Crippen LogP contribution in [0.3, 0.4) is 0 Å². The molecule has 0 bridgehead atoms. The van der Waals surface area contributed by atoms with E-state index in [1.54, 1.807) is 0 Å². The Labute approximate surface area is 113 Å². The first-order valence-corrected chi connectivity index (χ1v) is 7.02. The van der Waals surface area contributed by atoms with Crippen LogP contribution < -0.4 is 5.73 Å². The maximum absolute atomic E-state index is 6.57. The fourth-order valence-corrected chi connectivity index (χ4v) is 3.19. The van der Waals surface area contributed by atoms with Gasteiger partial charge in [0, 0.05) is 5.54 Å². The highest BCUT2D eigenvalue weighted by Gasteiger charge is 2.32. The lowest BCUT2D eigenvalue weighted by molar-refractivity contribution is 0.378. The number of halogens is 2. The zero-order chi connectivity index (χ0) is 12.5. The molecule has 1 saturated carbocycles. The van der Waals surface area contributed by atoms with Crippen molar-refractivity contribution in [1.82, 2.24) is 0 Å². The average molecular weight is 272 g/mol. The van der Waals surface area contributed by atoms with E-state index in [0.717, 1.165) is 24.3 Å². The molecular formula is C14H19Cl2N. The lowest BCUT2D eigenvalue weighted by atomic mass is 9.83. The second kappa shape index (κ2) is 5.17. The predicted octanol–water partition coefficient (Wildman–Crippen LogP) is 4.75. The number of hydrogen-bond donors (Lipinski definition) is 1. The van der Waals surface area contributed by atoms with Gasteiger partial charge in [-0.05, 0) is 36.8 Å². The van der Waals surface area contributed by atoms with Crippen molar-refractivity contribution in [1.29, 1.82) is 0 Å². The van der Waals surface area contributed by atoms with Crippen LogP contribution in [0.25, 0.3) is 0 Å². The standard InChI is InChI=1S/C14H19Cl2N/c1-10-4-3-8-14(17,9-7-10)11-5-2-6-12(15)13(11)16/h2,5-6,10H,3-4,7-9,17H2,1H3. The summed E-state index contributed by atoms with van der Waals surface area (Å²) in [5.74, 6) is 0.762. The first kappa shape index (κ1) is 13.2. The lowest BCUT2D eigenvalue weighted by Crippen LogP contribution is -2.36. The molecule has 2 atom stereocenters. The van der Waals surface area contributed by atoms with E-state index in [2.05, 4.69) is 6.92 Å². The number of rotatable bonds is 1. The summed E-state index contributed by atoms with van der Waals surface area (Å²) >= 11 is 12.4.